The molecular weight excluding hydrogens is 444 g/mol. The Morgan fingerprint density at radius 3 is 2.31 bits per heavy atom. The number of benzene rings is 2. The molecule has 0 bridgehead atoms. The van der Waals surface area contributed by atoms with Crippen LogP contribution in [0.5, 0.6) is 0 Å². The summed E-state index contributed by atoms with van der Waals surface area (Å²) >= 11 is 0. The maximum atomic E-state index is 13.0. The van der Waals surface area contributed by atoms with E-state index in [-0.39, 0.29) is 30.3 Å². The highest BCUT2D eigenvalue weighted by Gasteiger charge is 2.38. The van der Waals surface area contributed by atoms with E-state index in [9.17, 15) is 19.5 Å². The highest BCUT2D eigenvalue weighted by Crippen LogP contribution is 2.44. The molecule has 2 aromatic carbocycles. The topological polar surface area (TPSA) is 95.9 Å². The molecule has 3 aliphatic rings. The fourth-order valence-electron chi connectivity index (χ4n) is 6.10. The van der Waals surface area contributed by atoms with Crippen molar-refractivity contribution in [1.82, 2.24) is 10.2 Å². The average Bonchev–Trinajstić information content (AvgIpc) is 3.50. The zero-order chi connectivity index (χ0) is 24.4. The predicted molar refractivity (Wildman–Crippen MR) is 131 cm³/mol. The smallest absolute Gasteiger partial charge is 0.407 e. The molecule has 0 radical (unpaired) electrons. The molecule has 0 aromatic heterocycles. The molecule has 184 valence electrons. The van der Waals surface area contributed by atoms with E-state index in [1.807, 2.05) is 24.3 Å². The zero-order valence-corrected chi connectivity index (χ0v) is 19.8. The fourth-order valence-corrected chi connectivity index (χ4v) is 6.10. The Bertz CT molecular complexity index is 1070. The maximum absolute atomic E-state index is 13.0. The summed E-state index contributed by atoms with van der Waals surface area (Å²) < 4.78 is 5.64. The molecule has 0 spiro atoms. The van der Waals surface area contributed by atoms with Crippen LogP contribution >= 0.6 is 0 Å². The number of ether oxygens (including phenoxy) is 1. The lowest BCUT2D eigenvalue weighted by Crippen LogP contribution is -2.45. The average molecular weight is 477 g/mol. The highest BCUT2D eigenvalue weighted by atomic mass is 16.5. The molecule has 7 heteroatoms. The number of carboxylic acid groups (broad SMARTS) is 1. The van der Waals surface area contributed by atoms with Crippen molar-refractivity contribution >= 4 is 18.0 Å². The van der Waals surface area contributed by atoms with E-state index in [1.54, 1.807) is 4.90 Å². The number of carbonyl (C=O) groups is 3. The third-order valence-corrected chi connectivity index (χ3v) is 7.83. The largest absolute Gasteiger partial charge is 0.480 e. The zero-order valence-electron chi connectivity index (χ0n) is 19.8. The number of likely N-dealkylation sites (tertiary alicyclic amines) is 1. The molecule has 1 heterocycles. The lowest BCUT2D eigenvalue weighted by molar-refractivity contribution is -0.150. The van der Waals surface area contributed by atoms with Crippen LogP contribution in [0.1, 0.15) is 55.6 Å². The van der Waals surface area contributed by atoms with Crippen molar-refractivity contribution in [2.45, 2.75) is 50.5 Å². The number of amides is 2. The number of nitrogens with one attached hydrogen (secondary N) is 1. The number of carbonyl (C=O) groups excluding carboxylic acids is 2. The van der Waals surface area contributed by atoms with Crippen molar-refractivity contribution in [3.05, 3.63) is 59.7 Å². The van der Waals surface area contributed by atoms with Crippen LogP contribution in [0.4, 0.5) is 4.79 Å². The molecule has 5 rings (SSSR count). The Kier molecular flexibility index (Phi) is 6.75. The van der Waals surface area contributed by atoms with Gasteiger partial charge in [-0.3, -0.25) is 4.79 Å². The van der Waals surface area contributed by atoms with Crippen molar-refractivity contribution in [3.63, 3.8) is 0 Å². The van der Waals surface area contributed by atoms with E-state index in [4.69, 9.17) is 4.74 Å². The van der Waals surface area contributed by atoms with Crippen LogP contribution in [-0.4, -0.2) is 53.7 Å². The van der Waals surface area contributed by atoms with Gasteiger partial charge in [-0.1, -0.05) is 55.0 Å². The number of hydrogen-bond acceptors (Lipinski definition) is 4. The second-order valence-electron chi connectivity index (χ2n) is 9.96. The molecule has 2 fully saturated rings. The summed E-state index contributed by atoms with van der Waals surface area (Å²) in [5.41, 5.74) is 4.74. The van der Waals surface area contributed by atoms with Crippen molar-refractivity contribution in [3.8, 4) is 11.1 Å². The molecular formula is C28H32N2O5. The summed E-state index contributed by atoms with van der Waals surface area (Å²) in [6.07, 6.45) is 4.12. The minimum Gasteiger partial charge on any atom is -0.480 e. The van der Waals surface area contributed by atoms with Gasteiger partial charge in [-0.05, 0) is 60.3 Å². The quantitative estimate of drug-likeness (QED) is 0.644. The number of nitrogens with zero attached hydrogens (tertiary/aromatic N) is 1. The Labute approximate surface area is 205 Å². The number of hydrogen-bond donors (Lipinski definition) is 2. The second kappa shape index (κ2) is 10.1. The van der Waals surface area contributed by atoms with Crippen LogP contribution in [0.15, 0.2) is 48.5 Å². The van der Waals surface area contributed by atoms with Gasteiger partial charge < -0.3 is 20.1 Å². The molecule has 1 saturated carbocycles. The summed E-state index contributed by atoms with van der Waals surface area (Å²) in [4.78, 5) is 38.6. The number of alkyl carbamates (subject to hydrolysis) is 1. The maximum Gasteiger partial charge on any atom is 0.407 e. The lowest BCUT2D eigenvalue weighted by atomic mass is 9.80. The molecule has 2 aromatic rings. The number of rotatable bonds is 6. The van der Waals surface area contributed by atoms with Gasteiger partial charge in [0.2, 0.25) is 5.91 Å². The summed E-state index contributed by atoms with van der Waals surface area (Å²) in [6.45, 7) is 1.26. The monoisotopic (exact) mass is 476 g/mol. The molecule has 2 aliphatic carbocycles. The van der Waals surface area contributed by atoms with Crippen molar-refractivity contribution in [2.24, 2.45) is 11.8 Å². The van der Waals surface area contributed by atoms with Crippen LogP contribution in [0, 0.1) is 11.8 Å². The Balaban J connectivity index is 1.13. The predicted octanol–water partition coefficient (Wildman–Crippen LogP) is 4.41. The van der Waals surface area contributed by atoms with Crippen LogP contribution in [-0.2, 0) is 14.3 Å². The molecule has 3 atom stereocenters. The van der Waals surface area contributed by atoms with Gasteiger partial charge >= 0.3 is 12.1 Å². The van der Waals surface area contributed by atoms with Crippen LogP contribution in [0.25, 0.3) is 11.1 Å². The van der Waals surface area contributed by atoms with Gasteiger partial charge in [-0.15, -0.1) is 0 Å². The molecule has 35 heavy (non-hydrogen) atoms. The Hall–Kier alpha value is -3.35. The molecule has 1 saturated heterocycles. The second-order valence-corrected chi connectivity index (χ2v) is 9.96. The third kappa shape index (κ3) is 4.77. The minimum atomic E-state index is -0.917. The van der Waals surface area contributed by atoms with E-state index in [0.717, 1.165) is 25.7 Å². The van der Waals surface area contributed by atoms with Gasteiger partial charge in [0, 0.05) is 24.9 Å². The van der Waals surface area contributed by atoms with E-state index in [0.29, 0.717) is 25.9 Å². The molecule has 7 nitrogen and oxygen atoms in total. The standard InChI is InChI=1S/C28H32N2O5/c31-26(30-14-6-13-25(30)27(32)33)19-8-5-7-18(15-19)16-29-28(34)35-17-24-22-11-3-1-9-20(22)21-10-2-4-12-23(21)24/h1-4,9-12,18-19,24-25H,5-8,13-17H2,(H,29,34)(H,32,33)/t18?,19?,25-/m1/s1. The van der Waals surface area contributed by atoms with Crippen LogP contribution in [0.3, 0.4) is 0 Å². The molecule has 2 amide bonds. The van der Waals surface area contributed by atoms with Gasteiger partial charge in [0.15, 0.2) is 0 Å². The van der Waals surface area contributed by atoms with E-state index in [1.165, 1.54) is 22.3 Å². The van der Waals surface area contributed by atoms with Gasteiger partial charge in [-0.25, -0.2) is 9.59 Å². The van der Waals surface area contributed by atoms with E-state index in [2.05, 4.69) is 29.6 Å². The Morgan fingerprint density at radius 2 is 1.63 bits per heavy atom. The number of aliphatic carboxylic acids is 1. The first kappa shape index (κ1) is 23.4. The fraction of sp³-hybridized carbons (Fsp3) is 0.464. The van der Waals surface area contributed by atoms with Gasteiger partial charge in [0.1, 0.15) is 12.6 Å². The SMILES string of the molecule is O=C(NCC1CCCC(C(=O)N2CCC[C@@H]2C(=O)O)C1)OCC1c2ccccc2-c2ccccc21. The Morgan fingerprint density at radius 1 is 0.943 bits per heavy atom. The molecule has 2 unspecified atom stereocenters. The van der Waals surface area contributed by atoms with Crippen molar-refractivity contribution in [1.29, 1.82) is 0 Å². The van der Waals surface area contributed by atoms with E-state index >= 15 is 0 Å². The van der Waals surface area contributed by atoms with Gasteiger partial charge in [-0.2, -0.15) is 0 Å². The van der Waals surface area contributed by atoms with Crippen LogP contribution < -0.4 is 5.32 Å². The van der Waals surface area contributed by atoms with Crippen molar-refractivity contribution in [2.75, 3.05) is 19.7 Å². The summed E-state index contributed by atoms with van der Waals surface area (Å²) in [5.74, 6) is -0.921. The van der Waals surface area contributed by atoms with E-state index < -0.39 is 18.1 Å². The molecule has 2 N–H and O–H groups in total. The molecule has 1 aliphatic heterocycles. The summed E-state index contributed by atoms with van der Waals surface area (Å²) in [5, 5.41) is 12.3. The lowest BCUT2D eigenvalue weighted by Gasteiger charge is -2.32. The number of carboxylic acids is 1. The van der Waals surface area contributed by atoms with Crippen LogP contribution in [0.2, 0.25) is 0 Å². The summed E-state index contributed by atoms with van der Waals surface area (Å²) in [6, 6.07) is 15.8. The highest BCUT2D eigenvalue weighted by molar-refractivity contribution is 5.85. The first-order chi connectivity index (χ1) is 17.0. The van der Waals surface area contributed by atoms with Gasteiger partial charge in [0.05, 0.1) is 0 Å². The first-order valence-corrected chi connectivity index (χ1v) is 12.6. The normalized spacial score (nSPS) is 23.4. The minimum absolute atomic E-state index is 0.0208. The van der Waals surface area contributed by atoms with Gasteiger partial charge in [0.25, 0.3) is 0 Å². The first-order valence-electron chi connectivity index (χ1n) is 12.6. The third-order valence-electron chi connectivity index (χ3n) is 7.83. The number of fused-ring (bicyclic) bond motifs is 3. The van der Waals surface area contributed by atoms with Crippen molar-refractivity contribution < 1.29 is 24.2 Å². The summed E-state index contributed by atoms with van der Waals surface area (Å²) in [7, 11) is 0.